The molecule has 10 heteroatoms. The maximum absolute atomic E-state index is 13.7. The highest BCUT2D eigenvalue weighted by Crippen LogP contribution is 2.53. The van der Waals surface area contributed by atoms with Gasteiger partial charge >= 0.3 is 0 Å². The van der Waals surface area contributed by atoms with Crippen LogP contribution in [0.2, 0.25) is 0 Å². The Labute approximate surface area is 194 Å². The number of ether oxygens (including phenoxy) is 1. The van der Waals surface area contributed by atoms with E-state index >= 15 is 0 Å². The van der Waals surface area contributed by atoms with Crippen molar-refractivity contribution in [3.63, 3.8) is 0 Å². The highest BCUT2D eigenvalue weighted by Gasteiger charge is 2.69. The molecule has 1 amide bonds. The van der Waals surface area contributed by atoms with Gasteiger partial charge in [-0.1, -0.05) is 13.8 Å². The Morgan fingerprint density at radius 2 is 1.88 bits per heavy atom. The van der Waals surface area contributed by atoms with Crippen molar-refractivity contribution in [1.82, 2.24) is 0 Å². The standard InChI is InChI=1S/C24H25NO9/c1-8(2)14-12-5-9-4-11-13(34-3)6-10(7-26)18(27)16(11)20(29)15(9)21(30)24(12,33)22(31)17(19(14)28)23(25)32/h6-9,12,14-15,17,27,33H,4-5H2,1-3H3,(H2,25,32)/t9-,12-,14-,15?,17?,24-/m0/s1. The summed E-state index contributed by atoms with van der Waals surface area (Å²) in [5.41, 5.74) is 2.36. The zero-order valence-electron chi connectivity index (χ0n) is 18.9. The maximum Gasteiger partial charge on any atom is 0.235 e. The number of aldehydes is 1. The molecular formula is C24H25NO9. The lowest BCUT2D eigenvalue weighted by Gasteiger charge is -2.52. The number of carbonyl (C=O) groups excluding carboxylic acids is 6. The number of benzene rings is 1. The van der Waals surface area contributed by atoms with Gasteiger partial charge in [0.2, 0.25) is 5.91 Å². The third-order valence-electron chi connectivity index (χ3n) is 7.65. The summed E-state index contributed by atoms with van der Waals surface area (Å²) in [5.74, 6) is -12.5. The van der Waals surface area contributed by atoms with Gasteiger partial charge in [0.1, 0.15) is 11.5 Å². The Morgan fingerprint density at radius 3 is 2.41 bits per heavy atom. The molecule has 2 saturated carbocycles. The molecule has 0 aromatic heterocycles. The van der Waals surface area contributed by atoms with Crippen LogP contribution in [0.1, 0.15) is 46.5 Å². The van der Waals surface area contributed by atoms with Gasteiger partial charge in [-0.15, -0.1) is 0 Å². The van der Waals surface area contributed by atoms with Gasteiger partial charge in [0.25, 0.3) is 0 Å². The van der Waals surface area contributed by atoms with Crippen LogP contribution in [0.3, 0.4) is 0 Å². The summed E-state index contributed by atoms with van der Waals surface area (Å²) in [7, 11) is 1.33. The number of ketones is 4. The highest BCUT2D eigenvalue weighted by molar-refractivity contribution is 6.32. The summed E-state index contributed by atoms with van der Waals surface area (Å²) >= 11 is 0. The predicted molar refractivity (Wildman–Crippen MR) is 114 cm³/mol. The van der Waals surface area contributed by atoms with E-state index in [1.54, 1.807) is 13.8 Å². The van der Waals surface area contributed by atoms with Gasteiger partial charge in [-0.2, -0.15) is 0 Å². The third kappa shape index (κ3) is 2.91. The molecule has 0 aliphatic heterocycles. The van der Waals surface area contributed by atoms with Gasteiger partial charge < -0.3 is 20.7 Å². The molecule has 4 N–H and O–H groups in total. The average molecular weight is 471 g/mol. The minimum absolute atomic E-state index is 0.0246. The predicted octanol–water partition coefficient (Wildman–Crippen LogP) is 0.0301. The maximum atomic E-state index is 13.7. The molecule has 0 radical (unpaired) electrons. The lowest BCUT2D eigenvalue weighted by atomic mass is 9.50. The summed E-state index contributed by atoms with van der Waals surface area (Å²) in [6, 6.07) is 1.29. The van der Waals surface area contributed by atoms with Gasteiger partial charge in [-0.3, -0.25) is 28.8 Å². The van der Waals surface area contributed by atoms with Crippen LogP contribution in [0.15, 0.2) is 6.07 Å². The van der Waals surface area contributed by atoms with E-state index in [0.29, 0.717) is 11.8 Å². The van der Waals surface area contributed by atoms with Crippen molar-refractivity contribution in [3.05, 3.63) is 22.8 Å². The number of methoxy groups -OCH3 is 1. The Morgan fingerprint density at radius 1 is 1.24 bits per heavy atom. The van der Waals surface area contributed by atoms with Crippen molar-refractivity contribution >= 4 is 35.3 Å². The van der Waals surface area contributed by atoms with Crippen molar-refractivity contribution in [3.8, 4) is 11.5 Å². The van der Waals surface area contributed by atoms with Crippen molar-refractivity contribution in [2.45, 2.75) is 32.3 Å². The van der Waals surface area contributed by atoms with Gasteiger partial charge in [0.05, 0.1) is 24.2 Å². The molecule has 3 aliphatic carbocycles. The topological polar surface area (TPSA) is 178 Å². The molecule has 10 nitrogen and oxygen atoms in total. The summed E-state index contributed by atoms with van der Waals surface area (Å²) in [4.78, 5) is 76.8. The quantitative estimate of drug-likeness (QED) is 0.403. The number of nitrogens with two attached hydrogens (primary N) is 1. The summed E-state index contributed by atoms with van der Waals surface area (Å²) < 4.78 is 5.31. The van der Waals surface area contributed by atoms with E-state index in [9.17, 15) is 39.0 Å². The molecule has 2 fully saturated rings. The number of aromatic hydroxyl groups is 1. The molecule has 34 heavy (non-hydrogen) atoms. The van der Waals surface area contributed by atoms with Crippen molar-refractivity contribution in [2.75, 3.05) is 7.11 Å². The second kappa shape index (κ2) is 7.83. The number of hydrogen-bond donors (Lipinski definition) is 3. The number of rotatable bonds is 4. The van der Waals surface area contributed by atoms with E-state index in [0.717, 1.165) is 0 Å². The molecule has 1 aromatic rings. The fraction of sp³-hybridized carbons (Fsp3) is 0.500. The van der Waals surface area contributed by atoms with E-state index in [2.05, 4.69) is 0 Å². The van der Waals surface area contributed by atoms with Crippen LogP contribution in [0.25, 0.3) is 0 Å². The van der Waals surface area contributed by atoms with E-state index in [1.807, 2.05) is 0 Å². The number of phenols is 1. The molecule has 180 valence electrons. The molecule has 2 unspecified atom stereocenters. The fourth-order valence-corrected chi connectivity index (χ4v) is 6.18. The van der Waals surface area contributed by atoms with Crippen LogP contribution in [0.4, 0.5) is 0 Å². The summed E-state index contributed by atoms with van der Waals surface area (Å²) in [5, 5.41) is 22.1. The molecule has 0 heterocycles. The van der Waals surface area contributed by atoms with Crippen LogP contribution in [-0.4, -0.2) is 58.3 Å². The zero-order valence-corrected chi connectivity index (χ0v) is 18.9. The molecule has 6 atom stereocenters. The average Bonchev–Trinajstić information content (AvgIpc) is 2.76. The second-order valence-corrected chi connectivity index (χ2v) is 9.64. The molecule has 4 rings (SSSR count). The smallest absolute Gasteiger partial charge is 0.235 e. The number of Topliss-reactive ketones (excluding diaryl/α,β-unsaturated/α-hetero) is 4. The minimum atomic E-state index is -2.75. The number of amides is 1. The number of primary amides is 1. The zero-order chi connectivity index (χ0) is 25.3. The van der Waals surface area contributed by atoms with Crippen LogP contribution >= 0.6 is 0 Å². The SMILES string of the molecule is COc1cc(C=O)c(O)c2c1C[C@H]1C[C@H]3[C@H](C(C)C)C(=O)C(C(N)=O)C(=O)[C@@]3(O)C(=O)C1C2=O. The van der Waals surface area contributed by atoms with E-state index in [1.165, 1.54) is 13.2 Å². The largest absolute Gasteiger partial charge is 0.506 e. The first-order valence-electron chi connectivity index (χ1n) is 11.0. The molecule has 3 aliphatic rings. The van der Waals surface area contributed by atoms with Crippen LogP contribution < -0.4 is 10.5 Å². The lowest BCUT2D eigenvalue weighted by molar-refractivity contribution is -0.182. The Hall–Kier alpha value is -3.40. The van der Waals surface area contributed by atoms with E-state index in [-0.39, 0.29) is 29.7 Å². The number of fused-ring (bicyclic) bond motifs is 3. The first-order chi connectivity index (χ1) is 15.9. The van der Waals surface area contributed by atoms with Crippen molar-refractivity contribution < 1.29 is 43.7 Å². The Kier molecular flexibility index (Phi) is 5.47. The first kappa shape index (κ1) is 23.7. The van der Waals surface area contributed by atoms with E-state index < -0.39 is 75.9 Å². The second-order valence-electron chi connectivity index (χ2n) is 9.64. The first-order valence-corrected chi connectivity index (χ1v) is 11.0. The summed E-state index contributed by atoms with van der Waals surface area (Å²) in [6.45, 7) is 3.35. The van der Waals surface area contributed by atoms with Gasteiger partial charge in [0.15, 0.2) is 40.9 Å². The van der Waals surface area contributed by atoms with Crippen molar-refractivity contribution in [2.24, 2.45) is 41.2 Å². The van der Waals surface area contributed by atoms with Crippen LogP contribution in [0.5, 0.6) is 11.5 Å². The van der Waals surface area contributed by atoms with Gasteiger partial charge in [-0.05, 0) is 30.7 Å². The van der Waals surface area contributed by atoms with Crippen LogP contribution in [0, 0.1) is 35.5 Å². The number of aliphatic hydroxyl groups is 1. The van der Waals surface area contributed by atoms with Crippen molar-refractivity contribution in [1.29, 1.82) is 0 Å². The Bertz CT molecular complexity index is 1170. The van der Waals surface area contributed by atoms with Crippen LogP contribution in [-0.2, 0) is 25.6 Å². The molecule has 0 spiro atoms. The molecule has 0 bridgehead atoms. The van der Waals surface area contributed by atoms with Gasteiger partial charge in [-0.25, -0.2) is 0 Å². The highest BCUT2D eigenvalue weighted by atomic mass is 16.5. The fourth-order valence-electron chi connectivity index (χ4n) is 6.18. The Balaban J connectivity index is 1.91. The van der Waals surface area contributed by atoms with E-state index in [4.69, 9.17) is 10.5 Å². The number of carbonyl (C=O) groups is 6. The normalized spacial score (nSPS) is 32.7. The summed E-state index contributed by atoms with van der Waals surface area (Å²) in [6.07, 6.45) is 0.389. The molecule has 0 saturated heterocycles. The minimum Gasteiger partial charge on any atom is -0.506 e. The van der Waals surface area contributed by atoms with Gasteiger partial charge in [0, 0.05) is 17.4 Å². The molecular weight excluding hydrogens is 446 g/mol. The third-order valence-corrected chi connectivity index (χ3v) is 7.65. The monoisotopic (exact) mass is 471 g/mol. The molecule has 1 aromatic carbocycles. The number of hydrogen-bond acceptors (Lipinski definition) is 9. The number of phenolic OH excluding ortho intramolecular Hbond substituents is 1. The lowest BCUT2D eigenvalue weighted by Crippen LogP contribution is -2.71.